The topological polar surface area (TPSA) is 43.7 Å². The third-order valence-electron chi connectivity index (χ3n) is 3.71. The molecule has 0 radical (unpaired) electrons. The maximum absolute atomic E-state index is 13.3. The summed E-state index contributed by atoms with van der Waals surface area (Å²) in [6, 6.07) is 4.74. The summed E-state index contributed by atoms with van der Waals surface area (Å²) in [5.41, 5.74) is 1.55. The van der Waals surface area contributed by atoms with E-state index in [1.165, 1.54) is 12.1 Å². The van der Waals surface area contributed by atoms with Gasteiger partial charge in [0.15, 0.2) is 0 Å². The average molecular weight is 277 g/mol. The monoisotopic (exact) mass is 277 g/mol. The van der Waals surface area contributed by atoms with Crippen molar-refractivity contribution in [3.63, 3.8) is 0 Å². The molecule has 1 aromatic carbocycles. The van der Waals surface area contributed by atoms with Crippen molar-refractivity contribution in [2.75, 3.05) is 19.8 Å². The Hall–Kier alpha value is -1.41. The molecule has 0 saturated carbocycles. The summed E-state index contributed by atoms with van der Waals surface area (Å²) in [7, 11) is 0. The molecule has 1 aliphatic heterocycles. The molecule has 1 fully saturated rings. The molecule has 1 unspecified atom stereocenters. The Labute approximate surface area is 119 Å². The van der Waals surface area contributed by atoms with Crippen LogP contribution in [0.2, 0.25) is 0 Å². The normalized spacial score (nSPS) is 19.4. The zero-order valence-corrected chi connectivity index (χ0v) is 11.5. The molecular formula is C16H20FNO2. The lowest BCUT2D eigenvalue weighted by Crippen LogP contribution is -2.41. The van der Waals surface area contributed by atoms with Crippen molar-refractivity contribution in [2.45, 2.75) is 31.8 Å². The molecule has 1 aromatic rings. The number of aliphatic hydroxyl groups excluding tert-OH is 2. The summed E-state index contributed by atoms with van der Waals surface area (Å²) in [6.45, 7) is 1.51. The van der Waals surface area contributed by atoms with Crippen LogP contribution in [0.25, 0.3) is 0 Å². The molecule has 2 N–H and O–H groups in total. The summed E-state index contributed by atoms with van der Waals surface area (Å²) in [4.78, 5) is 2.22. The molecule has 0 spiro atoms. The average Bonchev–Trinajstić information content (AvgIpc) is 2.48. The fourth-order valence-corrected chi connectivity index (χ4v) is 2.63. The minimum absolute atomic E-state index is 0.152. The molecule has 0 bridgehead atoms. The molecule has 3 nitrogen and oxygen atoms in total. The largest absolute Gasteiger partial charge is 0.395 e. The highest BCUT2D eigenvalue weighted by Crippen LogP contribution is 2.21. The van der Waals surface area contributed by atoms with Crippen LogP contribution < -0.4 is 0 Å². The van der Waals surface area contributed by atoms with E-state index in [1.807, 2.05) is 0 Å². The summed E-state index contributed by atoms with van der Waals surface area (Å²) >= 11 is 0. The van der Waals surface area contributed by atoms with Crippen LogP contribution in [0.1, 0.15) is 30.4 Å². The molecular weight excluding hydrogens is 257 g/mol. The predicted molar refractivity (Wildman–Crippen MR) is 75.5 cm³/mol. The number of likely N-dealkylation sites (tertiary alicyclic amines) is 1. The highest BCUT2D eigenvalue weighted by atomic mass is 19.1. The van der Waals surface area contributed by atoms with Crippen molar-refractivity contribution in [1.29, 1.82) is 0 Å². The van der Waals surface area contributed by atoms with E-state index in [-0.39, 0.29) is 25.1 Å². The second kappa shape index (κ2) is 7.39. The quantitative estimate of drug-likeness (QED) is 0.823. The molecule has 0 aliphatic carbocycles. The van der Waals surface area contributed by atoms with Crippen LogP contribution in [-0.2, 0) is 6.54 Å². The van der Waals surface area contributed by atoms with Crippen LogP contribution in [0.3, 0.4) is 0 Å². The van der Waals surface area contributed by atoms with Gasteiger partial charge in [0.25, 0.3) is 0 Å². The van der Waals surface area contributed by atoms with Crippen LogP contribution in [0.5, 0.6) is 0 Å². The summed E-state index contributed by atoms with van der Waals surface area (Å²) in [5, 5.41) is 18.2. The van der Waals surface area contributed by atoms with Crippen LogP contribution in [0.4, 0.5) is 4.39 Å². The van der Waals surface area contributed by atoms with E-state index < -0.39 is 0 Å². The maximum atomic E-state index is 13.3. The Morgan fingerprint density at radius 1 is 1.30 bits per heavy atom. The van der Waals surface area contributed by atoms with Gasteiger partial charge in [-0.25, -0.2) is 4.39 Å². The number of halogens is 1. The third-order valence-corrected chi connectivity index (χ3v) is 3.71. The van der Waals surface area contributed by atoms with Gasteiger partial charge in [0, 0.05) is 18.2 Å². The first-order valence-corrected chi connectivity index (χ1v) is 6.97. The number of rotatable bonds is 3. The van der Waals surface area contributed by atoms with Gasteiger partial charge in [-0.05, 0) is 37.1 Å². The summed E-state index contributed by atoms with van der Waals surface area (Å²) in [6.07, 6.45) is 3.26. The second-order valence-electron chi connectivity index (χ2n) is 5.06. The lowest BCUT2D eigenvalue weighted by molar-refractivity contribution is 0.0840. The Morgan fingerprint density at radius 3 is 2.90 bits per heavy atom. The van der Waals surface area contributed by atoms with E-state index in [0.29, 0.717) is 12.1 Å². The first kappa shape index (κ1) is 15.0. The first-order chi connectivity index (χ1) is 9.74. The minimum atomic E-state index is -0.326. The SMILES string of the molecule is OCC#Cc1cc(F)ccc1CN1CCCCC1CO. The van der Waals surface area contributed by atoms with Gasteiger partial charge in [-0.2, -0.15) is 0 Å². The van der Waals surface area contributed by atoms with Gasteiger partial charge in [-0.15, -0.1) is 0 Å². The van der Waals surface area contributed by atoms with E-state index >= 15 is 0 Å². The number of nitrogens with zero attached hydrogens (tertiary/aromatic N) is 1. The molecule has 4 heteroatoms. The molecule has 2 rings (SSSR count). The highest BCUT2D eigenvalue weighted by molar-refractivity contribution is 5.41. The Balaban J connectivity index is 2.19. The van der Waals surface area contributed by atoms with Crippen molar-refractivity contribution in [2.24, 2.45) is 0 Å². The molecule has 1 atom stereocenters. The van der Waals surface area contributed by atoms with Crippen LogP contribution in [-0.4, -0.2) is 40.9 Å². The number of piperidine rings is 1. The van der Waals surface area contributed by atoms with E-state index in [9.17, 15) is 9.50 Å². The van der Waals surface area contributed by atoms with Gasteiger partial charge in [0.1, 0.15) is 12.4 Å². The Morgan fingerprint density at radius 2 is 2.15 bits per heavy atom. The zero-order chi connectivity index (χ0) is 14.4. The lowest BCUT2D eigenvalue weighted by Gasteiger charge is -2.34. The smallest absolute Gasteiger partial charge is 0.124 e. The maximum Gasteiger partial charge on any atom is 0.124 e. The van der Waals surface area contributed by atoms with Crippen LogP contribution in [0, 0.1) is 17.7 Å². The van der Waals surface area contributed by atoms with Gasteiger partial charge in [0.05, 0.1) is 6.61 Å². The highest BCUT2D eigenvalue weighted by Gasteiger charge is 2.22. The second-order valence-corrected chi connectivity index (χ2v) is 5.06. The molecule has 1 saturated heterocycles. The fourth-order valence-electron chi connectivity index (χ4n) is 2.63. The standard InChI is InChI=1S/C16H20FNO2/c17-15-7-6-14(13(10-15)4-3-9-19)11-18-8-2-1-5-16(18)12-20/h6-7,10,16,19-20H,1-2,5,8-9,11-12H2. The van der Waals surface area contributed by atoms with Gasteiger partial charge >= 0.3 is 0 Å². The van der Waals surface area contributed by atoms with Crippen molar-refractivity contribution in [3.8, 4) is 11.8 Å². The zero-order valence-electron chi connectivity index (χ0n) is 11.5. The molecule has 20 heavy (non-hydrogen) atoms. The van der Waals surface area contributed by atoms with E-state index in [1.54, 1.807) is 6.07 Å². The number of aliphatic hydroxyl groups is 2. The van der Waals surface area contributed by atoms with Crippen LogP contribution >= 0.6 is 0 Å². The van der Waals surface area contributed by atoms with Crippen LogP contribution in [0.15, 0.2) is 18.2 Å². The number of benzene rings is 1. The lowest BCUT2D eigenvalue weighted by atomic mass is 10.00. The predicted octanol–water partition coefficient (Wildman–Crippen LogP) is 1.52. The van der Waals surface area contributed by atoms with Gasteiger partial charge < -0.3 is 10.2 Å². The van der Waals surface area contributed by atoms with Gasteiger partial charge in [-0.1, -0.05) is 24.3 Å². The van der Waals surface area contributed by atoms with E-state index in [0.717, 1.165) is 31.4 Å². The molecule has 0 amide bonds. The van der Waals surface area contributed by atoms with Crippen molar-refractivity contribution < 1.29 is 14.6 Å². The minimum Gasteiger partial charge on any atom is -0.395 e. The Kier molecular flexibility index (Phi) is 5.54. The molecule has 1 heterocycles. The summed E-state index contributed by atoms with van der Waals surface area (Å²) < 4.78 is 13.3. The first-order valence-electron chi connectivity index (χ1n) is 6.97. The Bertz CT molecular complexity index is 507. The van der Waals surface area contributed by atoms with Crippen molar-refractivity contribution >= 4 is 0 Å². The number of hydrogen-bond donors (Lipinski definition) is 2. The van der Waals surface area contributed by atoms with E-state index in [2.05, 4.69) is 16.7 Å². The van der Waals surface area contributed by atoms with Gasteiger partial charge in [-0.3, -0.25) is 4.90 Å². The van der Waals surface area contributed by atoms with Crippen molar-refractivity contribution in [3.05, 3.63) is 35.1 Å². The summed E-state index contributed by atoms with van der Waals surface area (Å²) in [5.74, 6) is 5.04. The fraction of sp³-hybridized carbons (Fsp3) is 0.500. The van der Waals surface area contributed by atoms with E-state index in [4.69, 9.17) is 5.11 Å². The molecule has 108 valence electrons. The van der Waals surface area contributed by atoms with Crippen molar-refractivity contribution in [1.82, 2.24) is 4.90 Å². The molecule has 1 aliphatic rings. The molecule has 0 aromatic heterocycles. The third kappa shape index (κ3) is 3.80. The number of hydrogen-bond acceptors (Lipinski definition) is 3. The van der Waals surface area contributed by atoms with Gasteiger partial charge in [0.2, 0.25) is 0 Å².